The largest absolute Gasteiger partial charge is 0.492 e. The van der Waals surface area contributed by atoms with Gasteiger partial charge < -0.3 is 20.3 Å². The lowest BCUT2D eigenvalue weighted by Crippen LogP contribution is -2.46. The van der Waals surface area contributed by atoms with Crippen LogP contribution in [0.15, 0.2) is 48.7 Å². The Morgan fingerprint density at radius 3 is 2.82 bits per heavy atom. The average molecular weight is 519 g/mol. The number of rotatable bonds is 5. The zero-order valence-corrected chi connectivity index (χ0v) is 20.0. The van der Waals surface area contributed by atoms with E-state index in [0.717, 1.165) is 40.9 Å². The summed E-state index contributed by atoms with van der Waals surface area (Å²) in [5.74, 6) is -1.58. The third-order valence-electron chi connectivity index (χ3n) is 6.92. The van der Waals surface area contributed by atoms with E-state index in [1.54, 1.807) is 18.3 Å². The summed E-state index contributed by atoms with van der Waals surface area (Å²) in [7, 11) is 0. The normalized spacial score (nSPS) is 18.6. The SMILES string of the molecule is Fc1cc(F)c(Nc2cc(-c3nc(N4CCOC5=CNCC54)c4c(C5CC5)cncc4n3)ccn2)nc1F. The number of halogens is 3. The van der Waals surface area contributed by atoms with Gasteiger partial charge in [-0.05, 0) is 36.5 Å². The summed E-state index contributed by atoms with van der Waals surface area (Å²) in [4.78, 5) is 24.1. The van der Waals surface area contributed by atoms with Crippen LogP contribution in [0.2, 0.25) is 0 Å². The van der Waals surface area contributed by atoms with Crippen LogP contribution in [0, 0.1) is 17.6 Å². The van der Waals surface area contributed by atoms with Crippen molar-refractivity contribution in [3.8, 4) is 11.4 Å². The number of nitrogens with zero attached hydrogens (tertiary/aromatic N) is 6. The summed E-state index contributed by atoms with van der Waals surface area (Å²) in [6.45, 7) is 1.90. The molecule has 6 heterocycles. The molecule has 0 bridgehead atoms. The Bertz CT molecular complexity index is 1610. The first-order chi connectivity index (χ1) is 18.5. The van der Waals surface area contributed by atoms with Crippen molar-refractivity contribution in [1.29, 1.82) is 0 Å². The van der Waals surface area contributed by atoms with Gasteiger partial charge in [0, 0.05) is 42.2 Å². The molecule has 1 atom stereocenters. The van der Waals surface area contributed by atoms with Crippen LogP contribution >= 0.6 is 0 Å². The summed E-state index contributed by atoms with van der Waals surface area (Å²) in [6.07, 6.45) is 9.26. The molecule has 1 saturated heterocycles. The molecule has 4 aromatic heterocycles. The van der Waals surface area contributed by atoms with Crippen LogP contribution in [0.4, 0.5) is 30.6 Å². The minimum absolute atomic E-state index is 0.00649. The molecule has 0 amide bonds. The van der Waals surface area contributed by atoms with Crippen LogP contribution in [0.5, 0.6) is 0 Å². The third-order valence-corrected chi connectivity index (χ3v) is 6.92. The predicted octanol–water partition coefficient (Wildman–Crippen LogP) is 4.17. The highest BCUT2D eigenvalue weighted by atomic mass is 19.2. The molecule has 2 aliphatic heterocycles. The Morgan fingerprint density at radius 1 is 1.05 bits per heavy atom. The van der Waals surface area contributed by atoms with Gasteiger partial charge >= 0.3 is 0 Å². The van der Waals surface area contributed by atoms with Gasteiger partial charge in [-0.2, -0.15) is 9.37 Å². The van der Waals surface area contributed by atoms with E-state index in [4.69, 9.17) is 14.7 Å². The first kappa shape index (κ1) is 22.7. The Hall–Kier alpha value is -4.48. The molecule has 192 valence electrons. The highest BCUT2D eigenvalue weighted by Gasteiger charge is 2.35. The van der Waals surface area contributed by atoms with Crippen molar-refractivity contribution in [3.63, 3.8) is 0 Å². The molecule has 1 saturated carbocycles. The number of aromatic nitrogens is 5. The van der Waals surface area contributed by atoms with E-state index in [9.17, 15) is 13.2 Å². The summed E-state index contributed by atoms with van der Waals surface area (Å²) in [5.41, 5.74) is 2.46. The smallest absolute Gasteiger partial charge is 0.251 e. The molecule has 1 unspecified atom stereocenters. The summed E-state index contributed by atoms with van der Waals surface area (Å²) in [5, 5.41) is 6.86. The zero-order valence-electron chi connectivity index (χ0n) is 20.0. The number of morpholine rings is 1. The lowest BCUT2D eigenvalue weighted by atomic mass is 10.1. The molecule has 0 aromatic carbocycles. The summed E-state index contributed by atoms with van der Waals surface area (Å²) >= 11 is 0. The quantitative estimate of drug-likeness (QED) is 0.377. The van der Waals surface area contributed by atoms with Crippen molar-refractivity contribution in [3.05, 3.63) is 71.9 Å². The Kier molecular flexibility index (Phi) is 5.27. The number of anilines is 3. The van der Waals surface area contributed by atoms with E-state index in [-0.39, 0.29) is 11.9 Å². The van der Waals surface area contributed by atoms with Crippen LogP contribution in [0.3, 0.4) is 0 Å². The number of hydrogen-bond donors (Lipinski definition) is 2. The van der Waals surface area contributed by atoms with Gasteiger partial charge in [0.15, 0.2) is 23.3 Å². The van der Waals surface area contributed by atoms with Gasteiger partial charge in [-0.3, -0.25) is 4.98 Å². The summed E-state index contributed by atoms with van der Waals surface area (Å²) < 4.78 is 46.9. The van der Waals surface area contributed by atoms with Gasteiger partial charge in [-0.25, -0.2) is 23.7 Å². The number of hydrogen-bond acceptors (Lipinski definition) is 9. The maximum Gasteiger partial charge on any atom is 0.251 e. The highest BCUT2D eigenvalue weighted by molar-refractivity contribution is 5.94. The molecular weight excluding hydrogens is 497 g/mol. The van der Waals surface area contributed by atoms with Crippen molar-refractivity contribution in [2.24, 2.45) is 0 Å². The lowest BCUT2D eigenvalue weighted by molar-refractivity contribution is 0.174. The van der Waals surface area contributed by atoms with Gasteiger partial charge in [0.1, 0.15) is 30.0 Å². The highest BCUT2D eigenvalue weighted by Crippen LogP contribution is 2.45. The van der Waals surface area contributed by atoms with Crippen LogP contribution in [0.1, 0.15) is 24.3 Å². The number of ether oxygens (including phenoxy) is 1. The van der Waals surface area contributed by atoms with Crippen molar-refractivity contribution < 1.29 is 17.9 Å². The van der Waals surface area contributed by atoms with E-state index >= 15 is 0 Å². The summed E-state index contributed by atoms with van der Waals surface area (Å²) in [6, 6.07) is 3.77. The Morgan fingerprint density at radius 2 is 1.95 bits per heavy atom. The van der Waals surface area contributed by atoms with Crippen molar-refractivity contribution in [1.82, 2.24) is 30.2 Å². The average Bonchev–Trinajstić information content (AvgIpc) is 3.66. The molecular formula is C26H21F3N8O. The topological polar surface area (TPSA) is 101 Å². The minimum atomic E-state index is -1.41. The fraction of sp³-hybridized carbons (Fsp3) is 0.269. The van der Waals surface area contributed by atoms with E-state index in [1.807, 2.05) is 12.4 Å². The van der Waals surface area contributed by atoms with E-state index < -0.39 is 23.4 Å². The van der Waals surface area contributed by atoms with E-state index in [1.165, 1.54) is 6.20 Å². The van der Waals surface area contributed by atoms with Crippen molar-refractivity contribution in [2.45, 2.75) is 24.8 Å². The molecule has 0 spiro atoms. The van der Waals surface area contributed by atoms with E-state index in [0.29, 0.717) is 43.1 Å². The van der Waals surface area contributed by atoms with Crippen molar-refractivity contribution >= 4 is 28.4 Å². The lowest BCUT2D eigenvalue weighted by Gasteiger charge is -2.36. The Balaban J connectivity index is 1.33. The number of fused-ring (bicyclic) bond motifs is 2. The third kappa shape index (κ3) is 3.92. The molecule has 9 nitrogen and oxygen atoms in total. The van der Waals surface area contributed by atoms with E-state index in [2.05, 4.69) is 30.5 Å². The second-order valence-electron chi connectivity index (χ2n) is 9.43. The standard InChI is InChI=1S/C26H21F3N8O/c27-16-8-17(28)25(35-23(16)29)34-21-7-14(3-4-32-21)24-33-18-10-30-9-15(13-1-2-13)22(18)26(36-24)37-5-6-38-20-12-31-11-19(20)37/h3-4,7-10,12-13,19,31H,1-2,5-6,11H2,(H,32,34,35). The predicted molar refractivity (Wildman–Crippen MR) is 133 cm³/mol. The van der Waals surface area contributed by atoms with Crippen LogP contribution < -0.4 is 15.5 Å². The monoisotopic (exact) mass is 518 g/mol. The van der Waals surface area contributed by atoms with Crippen LogP contribution in [0.25, 0.3) is 22.3 Å². The molecule has 1 aliphatic carbocycles. The fourth-order valence-corrected chi connectivity index (χ4v) is 4.96. The van der Waals surface area contributed by atoms with Gasteiger partial charge in [-0.1, -0.05) is 0 Å². The molecule has 3 aliphatic rings. The molecule has 2 fully saturated rings. The Labute approximate surface area is 214 Å². The van der Waals surface area contributed by atoms with Gasteiger partial charge in [-0.15, -0.1) is 0 Å². The molecule has 38 heavy (non-hydrogen) atoms. The molecule has 12 heteroatoms. The second kappa shape index (κ2) is 8.82. The molecule has 2 N–H and O–H groups in total. The molecule has 7 rings (SSSR count). The number of pyridine rings is 3. The first-order valence-corrected chi connectivity index (χ1v) is 12.3. The van der Waals surface area contributed by atoms with Gasteiger partial charge in [0.05, 0.1) is 18.3 Å². The van der Waals surface area contributed by atoms with Crippen LogP contribution in [-0.4, -0.2) is 50.7 Å². The van der Waals surface area contributed by atoms with Crippen molar-refractivity contribution in [2.75, 3.05) is 29.9 Å². The number of nitrogens with one attached hydrogen (secondary N) is 2. The maximum atomic E-state index is 14.2. The van der Waals surface area contributed by atoms with Gasteiger partial charge in [0.2, 0.25) is 0 Å². The fourth-order valence-electron chi connectivity index (χ4n) is 4.96. The first-order valence-electron chi connectivity index (χ1n) is 12.3. The second-order valence-corrected chi connectivity index (χ2v) is 9.43. The minimum Gasteiger partial charge on any atom is -0.492 e. The van der Waals surface area contributed by atoms with Crippen LogP contribution in [-0.2, 0) is 4.74 Å². The molecule has 4 aromatic rings. The zero-order chi connectivity index (χ0) is 25.8. The maximum absolute atomic E-state index is 14.2. The molecule has 0 radical (unpaired) electrons. The van der Waals surface area contributed by atoms with Gasteiger partial charge in [0.25, 0.3) is 5.95 Å².